The first-order chi connectivity index (χ1) is 16.2. The number of carboxylic acids is 2. The Bertz CT molecular complexity index is 1260. The number of amides is 2. The molecule has 0 radical (unpaired) electrons. The SMILES string of the molecule is CC(Sc1ccc(NC(=O)c2ccccc2C(=O)O)cc1)C(=O)Nc1cc(C(=O)O)ccc1Cl. The summed E-state index contributed by atoms with van der Waals surface area (Å²) in [4.78, 5) is 48.2. The maximum absolute atomic E-state index is 12.6. The lowest BCUT2D eigenvalue weighted by Crippen LogP contribution is -2.22. The van der Waals surface area contributed by atoms with Gasteiger partial charge in [-0.3, -0.25) is 9.59 Å². The number of anilines is 2. The second kappa shape index (κ2) is 10.9. The van der Waals surface area contributed by atoms with Gasteiger partial charge in [-0.1, -0.05) is 23.7 Å². The zero-order valence-corrected chi connectivity index (χ0v) is 19.3. The van der Waals surface area contributed by atoms with Crippen molar-refractivity contribution in [3.8, 4) is 0 Å². The molecule has 174 valence electrons. The Morgan fingerprint density at radius 1 is 0.853 bits per heavy atom. The molecule has 34 heavy (non-hydrogen) atoms. The number of benzene rings is 3. The van der Waals surface area contributed by atoms with E-state index >= 15 is 0 Å². The molecule has 1 atom stereocenters. The van der Waals surface area contributed by atoms with Crippen molar-refractivity contribution in [2.24, 2.45) is 0 Å². The van der Waals surface area contributed by atoms with Gasteiger partial charge in [-0.2, -0.15) is 0 Å². The van der Waals surface area contributed by atoms with Crippen molar-refractivity contribution in [1.29, 1.82) is 0 Å². The van der Waals surface area contributed by atoms with Crippen LogP contribution in [0.3, 0.4) is 0 Å². The van der Waals surface area contributed by atoms with Gasteiger partial charge in [-0.15, -0.1) is 11.8 Å². The van der Waals surface area contributed by atoms with Gasteiger partial charge in [0.05, 0.1) is 32.7 Å². The first-order valence-corrected chi connectivity index (χ1v) is 11.2. The second-order valence-corrected chi connectivity index (χ2v) is 8.90. The first kappa shape index (κ1) is 24.8. The summed E-state index contributed by atoms with van der Waals surface area (Å²) in [5.74, 6) is -3.24. The van der Waals surface area contributed by atoms with Crippen LogP contribution in [0.4, 0.5) is 11.4 Å². The second-order valence-electron chi connectivity index (χ2n) is 7.08. The fourth-order valence-corrected chi connectivity index (χ4v) is 3.96. The average Bonchev–Trinajstić information content (AvgIpc) is 2.81. The Kier molecular flexibility index (Phi) is 7.93. The number of carbonyl (C=O) groups is 4. The van der Waals surface area contributed by atoms with Crippen LogP contribution < -0.4 is 10.6 Å². The summed E-state index contributed by atoms with van der Waals surface area (Å²) in [5, 5.41) is 23.3. The number of halogens is 1. The van der Waals surface area contributed by atoms with Gasteiger partial charge in [0.25, 0.3) is 5.91 Å². The average molecular weight is 499 g/mol. The lowest BCUT2D eigenvalue weighted by atomic mass is 10.1. The van der Waals surface area contributed by atoms with Crippen molar-refractivity contribution in [1.82, 2.24) is 0 Å². The number of carboxylic acid groups (broad SMARTS) is 2. The fraction of sp³-hybridized carbons (Fsp3) is 0.0833. The van der Waals surface area contributed by atoms with E-state index in [0.717, 1.165) is 4.90 Å². The summed E-state index contributed by atoms with van der Waals surface area (Å²) < 4.78 is 0. The molecule has 0 fully saturated rings. The molecule has 0 aliphatic carbocycles. The van der Waals surface area contributed by atoms with Crippen LogP contribution in [0.5, 0.6) is 0 Å². The van der Waals surface area contributed by atoms with E-state index in [1.807, 2.05) is 0 Å². The molecule has 0 aliphatic rings. The first-order valence-electron chi connectivity index (χ1n) is 9.90. The van der Waals surface area contributed by atoms with Gasteiger partial charge in [0.1, 0.15) is 0 Å². The van der Waals surface area contributed by atoms with Gasteiger partial charge < -0.3 is 20.8 Å². The smallest absolute Gasteiger partial charge is 0.336 e. The molecule has 3 aromatic carbocycles. The van der Waals surface area contributed by atoms with E-state index < -0.39 is 23.1 Å². The molecule has 10 heteroatoms. The van der Waals surface area contributed by atoms with Crippen LogP contribution in [0.2, 0.25) is 5.02 Å². The van der Waals surface area contributed by atoms with Crippen molar-refractivity contribution < 1.29 is 29.4 Å². The monoisotopic (exact) mass is 498 g/mol. The van der Waals surface area contributed by atoms with Gasteiger partial charge in [0.2, 0.25) is 5.91 Å². The highest BCUT2D eigenvalue weighted by Gasteiger charge is 2.18. The van der Waals surface area contributed by atoms with Crippen molar-refractivity contribution in [3.63, 3.8) is 0 Å². The maximum atomic E-state index is 12.6. The minimum Gasteiger partial charge on any atom is -0.478 e. The predicted molar refractivity (Wildman–Crippen MR) is 130 cm³/mol. The highest BCUT2D eigenvalue weighted by atomic mass is 35.5. The standard InChI is InChI=1S/C24H19ClN2O6S/c1-13(21(28)27-20-12-14(23(30)31)6-11-19(20)25)34-16-9-7-15(8-10-16)26-22(29)17-4-2-3-5-18(17)24(32)33/h2-13H,1H3,(H,26,29)(H,27,28)(H,30,31)(H,32,33). The molecular formula is C24H19ClN2O6S. The Hall–Kier alpha value is -3.82. The molecule has 0 saturated carbocycles. The zero-order valence-electron chi connectivity index (χ0n) is 17.7. The van der Waals surface area contributed by atoms with Crippen molar-refractivity contribution in [3.05, 3.63) is 88.4 Å². The highest BCUT2D eigenvalue weighted by Crippen LogP contribution is 2.28. The van der Waals surface area contributed by atoms with Crippen molar-refractivity contribution >= 4 is 58.5 Å². The Morgan fingerprint density at radius 3 is 2.12 bits per heavy atom. The molecule has 4 N–H and O–H groups in total. The molecule has 1 unspecified atom stereocenters. The minimum atomic E-state index is -1.19. The molecule has 0 bridgehead atoms. The summed E-state index contributed by atoms with van der Waals surface area (Å²) in [5.41, 5.74) is 0.622. The topological polar surface area (TPSA) is 133 Å². The van der Waals surface area contributed by atoms with Crippen LogP contribution in [-0.4, -0.2) is 39.2 Å². The molecule has 0 aromatic heterocycles. The molecule has 3 rings (SSSR count). The number of carbonyl (C=O) groups excluding carboxylic acids is 2. The van der Waals surface area contributed by atoms with Crippen LogP contribution in [0.1, 0.15) is 38.0 Å². The predicted octanol–water partition coefficient (Wildman–Crippen LogP) is 5.11. The molecule has 2 amide bonds. The lowest BCUT2D eigenvalue weighted by Gasteiger charge is -2.14. The number of thioether (sulfide) groups is 1. The summed E-state index contributed by atoms with van der Waals surface area (Å²) in [6, 6.07) is 16.7. The quantitative estimate of drug-likeness (QED) is 0.317. The van der Waals surface area contributed by atoms with E-state index in [2.05, 4.69) is 10.6 Å². The van der Waals surface area contributed by atoms with Crippen LogP contribution in [0, 0.1) is 0 Å². The summed E-state index contributed by atoms with van der Waals surface area (Å²) >= 11 is 7.31. The third-order valence-electron chi connectivity index (χ3n) is 4.67. The Balaban J connectivity index is 1.63. The van der Waals surface area contributed by atoms with Crippen molar-refractivity contribution in [2.45, 2.75) is 17.1 Å². The molecule has 0 heterocycles. The van der Waals surface area contributed by atoms with E-state index in [-0.39, 0.29) is 33.3 Å². The van der Waals surface area contributed by atoms with E-state index in [1.165, 1.54) is 42.1 Å². The highest BCUT2D eigenvalue weighted by molar-refractivity contribution is 8.00. The van der Waals surface area contributed by atoms with Gasteiger partial charge in [0, 0.05) is 10.6 Å². The van der Waals surface area contributed by atoms with Crippen LogP contribution >= 0.6 is 23.4 Å². The number of aromatic carboxylic acids is 2. The molecule has 8 nitrogen and oxygen atoms in total. The minimum absolute atomic E-state index is 0.00335. The fourth-order valence-electron chi connectivity index (χ4n) is 2.93. The zero-order chi connectivity index (χ0) is 24.8. The normalized spacial score (nSPS) is 11.4. The largest absolute Gasteiger partial charge is 0.478 e. The third kappa shape index (κ3) is 6.15. The number of rotatable bonds is 8. The summed E-state index contributed by atoms with van der Waals surface area (Å²) in [6.45, 7) is 1.69. The Labute approximate surface area is 203 Å². The van der Waals surface area contributed by atoms with E-state index in [4.69, 9.17) is 16.7 Å². The van der Waals surface area contributed by atoms with Gasteiger partial charge >= 0.3 is 11.9 Å². The molecule has 0 saturated heterocycles. The maximum Gasteiger partial charge on any atom is 0.336 e. The number of hydrogen-bond donors (Lipinski definition) is 4. The van der Waals surface area contributed by atoms with E-state index in [9.17, 15) is 24.3 Å². The van der Waals surface area contributed by atoms with Gasteiger partial charge in [0.15, 0.2) is 0 Å². The number of hydrogen-bond acceptors (Lipinski definition) is 5. The summed E-state index contributed by atoms with van der Waals surface area (Å²) in [7, 11) is 0. The molecule has 0 spiro atoms. The summed E-state index contributed by atoms with van der Waals surface area (Å²) in [6.07, 6.45) is 0. The van der Waals surface area contributed by atoms with Gasteiger partial charge in [-0.05, 0) is 61.5 Å². The van der Waals surface area contributed by atoms with E-state index in [0.29, 0.717) is 5.69 Å². The molecule has 0 aliphatic heterocycles. The molecular weight excluding hydrogens is 480 g/mol. The van der Waals surface area contributed by atoms with Crippen molar-refractivity contribution in [2.75, 3.05) is 10.6 Å². The number of nitrogens with one attached hydrogen (secondary N) is 2. The third-order valence-corrected chi connectivity index (χ3v) is 6.11. The lowest BCUT2D eigenvalue weighted by molar-refractivity contribution is -0.115. The van der Waals surface area contributed by atoms with Crippen LogP contribution in [0.15, 0.2) is 71.6 Å². The van der Waals surface area contributed by atoms with Gasteiger partial charge in [-0.25, -0.2) is 9.59 Å². The molecule has 3 aromatic rings. The Morgan fingerprint density at radius 2 is 1.50 bits per heavy atom. The van der Waals surface area contributed by atoms with Crippen LogP contribution in [-0.2, 0) is 4.79 Å². The van der Waals surface area contributed by atoms with Crippen LogP contribution in [0.25, 0.3) is 0 Å². The van der Waals surface area contributed by atoms with E-state index in [1.54, 1.807) is 43.3 Å².